The van der Waals surface area contributed by atoms with Crippen LogP contribution in [0.1, 0.15) is 290 Å². The Morgan fingerprint density at radius 2 is 0.719 bits per heavy atom. The number of amides is 1. The van der Waals surface area contributed by atoms with Crippen LogP contribution in [0.4, 0.5) is 0 Å². The molecule has 508 valence electrons. The van der Waals surface area contributed by atoms with E-state index < -0.39 is 26.6 Å². The molecule has 0 saturated heterocycles. The van der Waals surface area contributed by atoms with Crippen LogP contribution >= 0.6 is 7.82 Å². The molecule has 1 amide bonds. The highest BCUT2D eigenvalue weighted by molar-refractivity contribution is 7.45. The molecule has 0 saturated carbocycles. The van der Waals surface area contributed by atoms with E-state index in [1.165, 1.54) is 103 Å². The molecule has 1 N–H and O–H groups in total. The molecule has 3 atom stereocenters. The third-order valence-corrected chi connectivity index (χ3v) is 16.2. The number of allylic oxidation sites excluding steroid dienone is 23. The Hall–Kier alpha value is -4.11. The monoisotopic (exact) mass is 1260 g/mol. The second-order valence-corrected chi connectivity index (χ2v) is 26.4. The molecule has 0 aliphatic carbocycles. The van der Waals surface area contributed by atoms with Crippen molar-refractivity contribution in [2.45, 2.75) is 303 Å². The lowest BCUT2D eigenvalue weighted by Gasteiger charge is -2.30. The molecule has 0 bridgehead atoms. The summed E-state index contributed by atoms with van der Waals surface area (Å²) >= 11 is 0. The van der Waals surface area contributed by atoms with Gasteiger partial charge in [-0.1, -0.05) is 295 Å². The zero-order valence-electron chi connectivity index (χ0n) is 58.1. The fourth-order valence-electron chi connectivity index (χ4n) is 9.79. The molecule has 0 aliphatic heterocycles. The van der Waals surface area contributed by atoms with Gasteiger partial charge in [0.25, 0.3) is 7.82 Å². The second-order valence-electron chi connectivity index (χ2n) is 25.0. The zero-order chi connectivity index (χ0) is 64.9. The highest BCUT2D eigenvalue weighted by Crippen LogP contribution is 2.38. The summed E-state index contributed by atoms with van der Waals surface area (Å²) in [6.45, 7) is 6.61. The topological polar surface area (TPSA) is 114 Å². The number of phosphoric ester groups is 1. The largest absolute Gasteiger partial charge is 0.756 e. The first-order valence-electron chi connectivity index (χ1n) is 36.1. The first-order valence-corrected chi connectivity index (χ1v) is 37.6. The lowest BCUT2D eigenvalue weighted by molar-refractivity contribution is -0.870. The summed E-state index contributed by atoms with van der Waals surface area (Å²) < 4.78 is 30.5. The maximum absolute atomic E-state index is 13.6. The molecule has 0 aliphatic rings. The van der Waals surface area contributed by atoms with Crippen molar-refractivity contribution in [3.8, 4) is 0 Å². The smallest absolute Gasteiger partial charge is 0.306 e. The van der Waals surface area contributed by atoms with Gasteiger partial charge in [0.05, 0.1) is 33.8 Å². The van der Waals surface area contributed by atoms with Crippen molar-refractivity contribution in [3.05, 3.63) is 146 Å². The quantitative estimate of drug-likeness (QED) is 0.0212. The van der Waals surface area contributed by atoms with E-state index in [1.807, 2.05) is 33.3 Å². The number of nitrogens with one attached hydrogen (secondary N) is 1. The van der Waals surface area contributed by atoms with Crippen LogP contribution in [-0.2, 0) is 27.9 Å². The number of esters is 1. The van der Waals surface area contributed by atoms with E-state index in [9.17, 15) is 19.0 Å². The number of phosphoric acid groups is 1. The number of unbranched alkanes of at least 4 members (excludes halogenated alkanes) is 26. The summed E-state index contributed by atoms with van der Waals surface area (Å²) in [6, 6.07) is -0.911. The van der Waals surface area contributed by atoms with E-state index in [4.69, 9.17) is 13.8 Å². The molecular formula is C79H135N2O7P. The molecule has 0 aromatic carbocycles. The van der Waals surface area contributed by atoms with Gasteiger partial charge in [0.1, 0.15) is 19.3 Å². The predicted molar refractivity (Wildman–Crippen MR) is 385 cm³/mol. The van der Waals surface area contributed by atoms with Gasteiger partial charge in [-0.25, -0.2) is 0 Å². The van der Waals surface area contributed by atoms with E-state index >= 15 is 0 Å². The summed E-state index contributed by atoms with van der Waals surface area (Å²) in [5.74, 6) is -0.568. The Labute approximate surface area is 548 Å². The maximum atomic E-state index is 13.6. The van der Waals surface area contributed by atoms with Crippen LogP contribution in [0.2, 0.25) is 0 Å². The number of carbonyl (C=O) groups is 2. The molecule has 0 rings (SSSR count). The fraction of sp³-hybridized carbons (Fsp3) is 0.671. The Kier molecular flexibility index (Phi) is 63.7. The molecule has 0 radical (unpaired) electrons. The number of likely N-dealkylation sites (N-methyl/N-ethyl adjacent to an activating group) is 1. The van der Waals surface area contributed by atoms with E-state index in [0.717, 1.165) is 148 Å². The van der Waals surface area contributed by atoms with Gasteiger partial charge in [-0.2, -0.15) is 0 Å². The van der Waals surface area contributed by atoms with Gasteiger partial charge in [0.15, 0.2) is 0 Å². The van der Waals surface area contributed by atoms with Gasteiger partial charge in [0.2, 0.25) is 5.91 Å². The van der Waals surface area contributed by atoms with Gasteiger partial charge in [-0.15, -0.1) is 0 Å². The van der Waals surface area contributed by atoms with Crippen molar-refractivity contribution in [2.24, 2.45) is 0 Å². The molecule has 9 nitrogen and oxygen atoms in total. The fourth-order valence-corrected chi connectivity index (χ4v) is 10.5. The van der Waals surface area contributed by atoms with Crippen molar-refractivity contribution in [2.75, 3.05) is 40.9 Å². The minimum absolute atomic E-state index is 0.0338. The van der Waals surface area contributed by atoms with Crippen LogP contribution in [0.5, 0.6) is 0 Å². The summed E-state index contributed by atoms with van der Waals surface area (Å²) in [6.07, 6.45) is 96.8. The summed E-state index contributed by atoms with van der Waals surface area (Å²) in [5, 5.41) is 3.03. The van der Waals surface area contributed by atoms with Gasteiger partial charge in [0, 0.05) is 12.8 Å². The number of rotatable bonds is 64. The number of nitrogens with zero attached hydrogens (tertiary/aromatic N) is 1. The summed E-state index contributed by atoms with van der Waals surface area (Å²) in [5.41, 5.74) is 0. The molecular weight excluding hydrogens is 1120 g/mol. The van der Waals surface area contributed by atoms with Crippen molar-refractivity contribution in [1.29, 1.82) is 0 Å². The van der Waals surface area contributed by atoms with E-state index in [2.05, 4.69) is 160 Å². The van der Waals surface area contributed by atoms with E-state index in [-0.39, 0.29) is 24.9 Å². The molecule has 0 heterocycles. The van der Waals surface area contributed by atoms with Crippen molar-refractivity contribution in [3.63, 3.8) is 0 Å². The lowest BCUT2D eigenvalue weighted by Crippen LogP contribution is -2.47. The molecule has 0 aromatic heterocycles. The highest BCUT2D eigenvalue weighted by Gasteiger charge is 2.27. The Bertz CT molecular complexity index is 2030. The van der Waals surface area contributed by atoms with Crippen LogP contribution in [0, 0.1) is 0 Å². The van der Waals surface area contributed by atoms with Crippen LogP contribution in [-0.4, -0.2) is 69.4 Å². The SMILES string of the molecule is CC/C=C\C/C=C\C/C=C\C/C=C\C/C=C\C/C=C\CCCCCCCCCCC(=O)OC(/C=C/CCCCCCCCCCCCC)C(COP(=O)([O-])OCC[N+](C)(C)C)NC(=O)CCCCCCCCC/C=C\C/C=C\C/C=C\C/C=C\C/C=C\CC. The van der Waals surface area contributed by atoms with Crippen molar-refractivity contribution < 1.29 is 37.3 Å². The molecule has 89 heavy (non-hydrogen) atoms. The minimum atomic E-state index is -4.72. The summed E-state index contributed by atoms with van der Waals surface area (Å²) in [7, 11) is 1.15. The normalized spacial score (nSPS) is 14.4. The van der Waals surface area contributed by atoms with E-state index in [0.29, 0.717) is 23.9 Å². The number of ether oxygens (including phenoxy) is 1. The number of carbonyl (C=O) groups excluding carboxylic acids is 2. The van der Waals surface area contributed by atoms with Gasteiger partial charge < -0.3 is 28.5 Å². The Balaban J connectivity index is 5.16. The van der Waals surface area contributed by atoms with Crippen LogP contribution < -0.4 is 10.2 Å². The summed E-state index contributed by atoms with van der Waals surface area (Å²) in [4.78, 5) is 40.3. The third-order valence-electron chi connectivity index (χ3n) is 15.3. The number of quaternary nitrogens is 1. The van der Waals surface area contributed by atoms with Gasteiger partial charge in [-0.05, 0) is 128 Å². The van der Waals surface area contributed by atoms with E-state index in [1.54, 1.807) is 0 Å². The number of hydrogen-bond donors (Lipinski definition) is 1. The third kappa shape index (κ3) is 68.1. The van der Waals surface area contributed by atoms with Crippen LogP contribution in [0.25, 0.3) is 0 Å². The predicted octanol–water partition coefficient (Wildman–Crippen LogP) is 22.7. The average molecular weight is 1260 g/mol. The molecule has 0 spiro atoms. The maximum Gasteiger partial charge on any atom is 0.306 e. The molecule has 3 unspecified atom stereocenters. The molecule has 10 heteroatoms. The number of hydrogen-bond acceptors (Lipinski definition) is 7. The first kappa shape index (κ1) is 84.9. The average Bonchev–Trinajstić information content (AvgIpc) is 3.63. The molecule has 0 fully saturated rings. The lowest BCUT2D eigenvalue weighted by atomic mass is 10.0. The highest BCUT2D eigenvalue weighted by atomic mass is 31.2. The van der Waals surface area contributed by atoms with Crippen LogP contribution in [0.3, 0.4) is 0 Å². The minimum Gasteiger partial charge on any atom is -0.756 e. The van der Waals surface area contributed by atoms with Gasteiger partial charge >= 0.3 is 5.97 Å². The zero-order valence-corrected chi connectivity index (χ0v) is 59.0. The Morgan fingerprint density at radius 3 is 1.08 bits per heavy atom. The van der Waals surface area contributed by atoms with Crippen molar-refractivity contribution >= 4 is 19.7 Å². The standard InChI is InChI=1S/C79H135N2O7P/c1-7-10-13-16-19-22-25-28-30-32-34-36-38-39-40-41-43-45-47-49-51-54-57-60-63-66-69-72-79(83)88-77(70-67-64-61-58-55-52-27-24-21-18-15-12-9-3)76(75-87-89(84,85)86-74-73-81(4,5)6)80-78(82)71-68-65-62-59-56-53-50-48-46-44-42-37-35-33-31-29-26-23-20-17-14-11-8-2/h10-11,13-14,19-20,22-23,28-31,34-37,39-40,43-46,67,70,76-77H,7-9,12,15-18,21,24-27,32-33,38,41-42,47-66,68-69,71-75H2,1-6H3,(H-,80,82,84,85)/b13-10-,14-11-,22-19-,23-20-,30-28-,31-29-,36-34-,37-35-,40-39-,45-43-,46-44-,70-67+. The van der Waals surface area contributed by atoms with Crippen LogP contribution in [0.15, 0.2) is 146 Å². The molecule has 0 aromatic rings. The van der Waals surface area contributed by atoms with Crippen molar-refractivity contribution in [1.82, 2.24) is 5.32 Å². The Morgan fingerprint density at radius 1 is 0.404 bits per heavy atom. The second kappa shape index (κ2) is 66.8. The first-order chi connectivity index (χ1) is 43.4. The van der Waals surface area contributed by atoms with Gasteiger partial charge in [-0.3, -0.25) is 14.2 Å².